The van der Waals surface area contributed by atoms with Gasteiger partial charge in [-0.05, 0) is 68.8 Å². The Morgan fingerprint density at radius 3 is 2.38 bits per heavy atom. The van der Waals surface area contributed by atoms with Crippen molar-refractivity contribution in [3.8, 4) is 5.75 Å². The quantitative estimate of drug-likeness (QED) is 0.646. The second-order valence-electron chi connectivity index (χ2n) is 6.61. The monoisotopic (exact) mass is 389 g/mol. The van der Waals surface area contributed by atoms with Crippen LogP contribution < -0.4 is 15.4 Å². The number of nitrogens with zero attached hydrogens (tertiary/aromatic N) is 1. The molecule has 2 amide bonds. The van der Waals surface area contributed by atoms with Gasteiger partial charge < -0.3 is 15.4 Å². The van der Waals surface area contributed by atoms with E-state index in [1.54, 1.807) is 30.3 Å². The van der Waals surface area contributed by atoms with Crippen molar-refractivity contribution in [1.29, 1.82) is 0 Å². The maximum absolute atomic E-state index is 12.6. The van der Waals surface area contributed by atoms with Gasteiger partial charge in [0.2, 0.25) is 0 Å². The predicted octanol–water partition coefficient (Wildman–Crippen LogP) is 4.60. The van der Waals surface area contributed by atoms with E-state index in [1.807, 2.05) is 39.0 Å². The van der Waals surface area contributed by atoms with Crippen LogP contribution in [0.4, 0.5) is 11.4 Å². The molecular weight excluding hydrogens is 366 g/mol. The van der Waals surface area contributed by atoms with Crippen LogP contribution in [0.2, 0.25) is 0 Å². The number of benzene rings is 2. The second-order valence-corrected chi connectivity index (χ2v) is 6.61. The minimum atomic E-state index is -0.393. The van der Waals surface area contributed by atoms with Crippen molar-refractivity contribution >= 4 is 23.2 Å². The Kier molecular flexibility index (Phi) is 6.24. The largest absolute Gasteiger partial charge is 0.494 e. The lowest BCUT2D eigenvalue weighted by Crippen LogP contribution is -2.17. The van der Waals surface area contributed by atoms with E-state index in [1.165, 1.54) is 12.3 Å². The first kappa shape index (κ1) is 20.1. The van der Waals surface area contributed by atoms with E-state index in [4.69, 9.17) is 4.74 Å². The Hall–Kier alpha value is -3.67. The summed E-state index contributed by atoms with van der Waals surface area (Å²) in [5, 5.41) is 5.65. The summed E-state index contributed by atoms with van der Waals surface area (Å²) in [7, 11) is 0. The van der Waals surface area contributed by atoms with Gasteiger partial charge in [0.05, 0.1) is 6.61 Å². The SMILES string of the molecule is CCOc1ccc(NC(=O)c2cc(C(=O)Nc3ccc(C)cc3C)ccn2)cc1. The molecule has 0 radical (unpaired) electrons. The van der Waals surface area contributed by atoms with Crippen molar-refractivity contribution in [3.63, 3.8) is 0 Å². The van der Waals surface area contributed by atoms with Crippen LogP contribution in [0.1, 0.15) is 38.9 Å². The number of ether oxygens (including phenoxy) is 1. The van der Waals surface area contributed by atoms with Crippen molar-refractivity contribution < 1.29 is 14.3 Å². The average Bonchev–Trinajstić information content (AvgIpc) is 2.72. The first-order valence-electron chi connectivity index (χ1n) is 9.35. The van der Waals surface area contributed by atoms with Gasteiger partial charge in [0, 0.05) is 23.1 Å². The molecule has 0 fully saturated rings. The maximum atomic E-state index is 12.6. The Balaban J connectivity index is 1.70. The molecule has 6 nitrogen and oxygen atoms in total. The standard InChI is InChI=1S/C23H23N3O3/c1-4-29-19-8-6-18(7-9-19)25-23(28)21-14-17(11-12-24-21)22(27)26-20-10-5-15(2)13-16(20)3/h5-14H,4H2,1-3H3,(H,25,28)(H,26,27). The predicted molar refractivity (Wildman–Crippen MR) is 114 cm³/mol. The Morgan fingerprint density at radius 2 is 1.69 bits per heavy atom. The summed E-state index contributed by atoms with van der Waals surface area (Å²) in [6, 6.07) is 15.9. The van der Waals surface area contributed by atoms with Gasteiger partial charge >= 0.3 is 0 Å². The van der Waals surface area contributed by atoms with Crippen LogP contribution >= 0.6 is 0 Å². The van der Waals surface area contributed by atoms with Crippen molar-refractivity contribution in [1.82, 2.24) is 4.98 Å². The molecule has 6 heteroatoms. The van der Waals surface area contributed by atoms with Crippen LogP contribution in [-0.4, -0.2) is 23.4 Å². The van der Waals surface area contributed by atoms with Crippen molar-refractivity contribution in [2.75, 3.05) is 17.2 Å². The van der Waals surface area contributed by atoms with E-state index in [0.29, 0.717) is 17.9 Å². The number of hydrogen-bond acceptors (Lipinski definition) is 4. The third kappa shape index (κ3) is 5.19. The number of anilines is 2. The Labute approximate surface area is 169 Å². The Bertz CT molecular complexity index is 1030. The number of rotatable bonds is 6. The van der Waals surface area contributed by atoms with E-state index >= 15 is 0 Å². The molecule has 1 aromatic heterocycles. The number of hydrogen-bond donors (Lipinski definition) is 2. The fraction of sp³-hybridized carbons (Fsp3) is 0.174. The molecule has 3 aromatic rings. The molecule has 0 saturated heterocycles. The third-order valence-corrected chi connectivity index (χ3v) is 4.31. The molecule has 0 spiro atoms. The summed E-state index contributed by atoms with van der Waals surface area (Å²) in [6.45, 7) is 6.42. The fourth-order valence-electron chi connectivity index (χ4n) is 2.84. The summed E-state index contributed by atoms with van der Waals surface area (Å²) in [6.07, 6.45) is 1.45. The van der Waals surface area contributed by atoms with Gasteiger partial charge in [-0.15, -0.1) is 0 Å². The van der Waals surface area contributed by atoms with E-state index in [9.17, 15) is 9.59 Å². The van der Waals surface area contributed by atoms with Gasteiger partial charge in [0.15, 0.2) is 0 Å². The minimum Gasteiger partial charge on any atom is -0.494 e. The van der Waals surface area contributed by atoms with Gasteiger partial charge in [-0.2, -0.15) is 0 Å². The molecule has 3 rings (SSSR count). The van der Waals surface area contributed by atoms with Gasteiger partial charge in [0.25, 0.3) is 11.8 Å². The van der Waals surface area contributed by atoms with Gasteiger partial charge in [0.1, 0.15) is 11.4 Å². The van der Waals surface area contributed by atoms with Crippen LogP contribution in [0.25, 0.3) is 0 Å². The van der Waals surface area contributed by atoms with E-state index < -0.39 is 5.91 Å². The molecule has 29 heavy (non-hydrogen) atoms. The highest BCUT2D eigenvalue weighted by Gasteiger charge is 2.13. The summed E-state index contributed by atoms with van der Waals surface area (Å²) in [5.74, 6) is 0.0403. The normalized spacial score (nSPS) is 10.3. The topological polar surface area (TPSA) is 80.3 Å². The molecule has 0 saturated carbocycles. The molecule has 0 unspecified atom stereocenters. The number of aromatic nitrogens is 1. The van der Waals surface area contributed by atoms with Crippen molar-refractivity contribution in [3.05, 3.63) is 83.2 Å². The highest BCUT2D eigenvalue weighted by Crippen LogP contribution is 2.18. The highest BCUT2D eigenvalue weighted by molar-refractivity contribution is 6.08. The van der Waals surface area contributed by atoms with Crippen molar-refractivity contribution in [2.45, 2.75) is 20.8 Å². The average molecular weight is 389 g/mol. The van der Waals surface area contributed by atoms with E-state index in [0.717, 1.165) is 22.6 Å². The lowest BCUT2D eigenvalue weighted by molar-refractivity contribution is 0.102. The molecule has 2 aromatic carbocycles. The zero-order valence-electron chi connectivity index (χ0n) is 16.7. The number of carbonyl (C=O) groups excluding carboxylic acids is 2. The molecule has 1 heterocycles. The first-order valence-corrected chi connectivity index (χ1v) is 9.35. The highest BCUT2D eigenvalue weighted by atomic mass is 16.5. The number of aryl methyl sites for hydroxylation is 2. The number of carbonyl (C=O) groups is 2. The molecule has 0 aliphatic heterocycles. The maximum Gasteiger partial charge on any atom is 0.274 e. The van der Waals surface area contributed by atoms with Gasteiger partial charge in [-0.1, -0.05) is 17.7 Å². The first-order chi connectivity index (χ1) is 14.0. The molecule has 0 atom stereocenters. The summed E-state index contributed by atoms with van der Waals surface area (Å²) in [5.41, 5.74) is 3.96. The molecule has 0 aliphatic carbocycles. The van der Waals surface area contributed by atoms with Gasteiger partial charge in [-0.25, -0.2) is 0 Å². The van der Waals surface area contributed by atoms with Crippen LogP contribution in [0.3, 0.4) is 0 Å². The summed E-state index contributed by atoms with van der Waals surface area (Å²) >= 11 is 0. The Morgan fingerprint density at radius 1 is 0.931 bits per heavy atom. The fourth-order valence-corrected chi connectivity index (χ4v) is 2.84. The van der Waals surface area contributed by atoms with Crippen LogP contribution in [0.5, 0.6) is 5.75 Å². The molecule has 0 bridgehead atoms. The van der Waals surface area contributed by atoms with E-state index in [-0.39, 0.29) is 11.6 Å². The lowest BCUT2D eigenvalue weighted by Gasteiger charge is -2.10. The van der Waals surface area contributed by atoms with Gasteiger partial charge in [-0.3, -0.25) is 14.6 Å². The molecule has 0 aliphatic rings. The van der Waals surface area contributed by atoms with Crippen LogP contribution in [0, 0.1) is 13.8 Å². The van der Waals surface area contributed by atoms with Crippen LogP contribution in [0.15, 0.2) is 60.8 Å². The summed E-state index contributed by atoms with van der Waals surface area (Å²) < 4.78 is 5.39. The molecule has 2 N–H and O–H groups in total. The third-order valence-electron chi connectivity index (χ3n) is 4.31. The lowest BCUT2D eigenvalue weighted by atomic mass is 10.1. The molecule has 148 valence electrons. The van der Waals surface area contributed by atoms with Crippen LogP contribution in [-0.2, 0) is 0 Å². The number of nitrogens with one attached hydrogen (secondary N) is 2. The second kappa shape index (κ2) is 9.01. The smallest absolute Gasteiger partial charge is 0.274 e. The number of amides is 2. The minimum absolute atomic E-state index is 0.159. The summed E-state index contributed by atoms with van der Waals surface area (Å²) in [4.78, 5) is 29.2. The van der Waals surface area contributed by atoms with E-state index in [2.05, 4.69) is 15.6 Å². The molecular formula is C23H23N3O3. The van der Waals surface area contributed by atoms with Crippen molar-refractivity contribution in [2.24, 2.45) is 0 Å². The zero-order valence-corrected chi connectivity index (χ0v) is 16.7. The number of pyridine rings is 1. The zero-order chi connectivity index (χ0) is 20.8.